The second-order valence-corrected chi connectivity index (χ2v) is 5.84. The van der Waals surface area contributed by atoms with E-state index in [4.69, 9.17) is 0 Å². The Bertz CT molecular complexity index is 829. The van der Waals surface area contributed by atoms with Gasteiger partial charge in [-0.25, -0.2) is 0 Å². The highest BCUT2D eigenvalue weighted by atomic mass is 19.4. The lowest BCUT2D eigenvalue weighted by Crippen LogP contribution is -2.23. The van der Waals surface area contributed by atoms with Gasteiger partial charge in [0, 0.05) is 24.2 Å². The minimum Gasteiger partial charge on any atom is -0.406 e. The zero-order valence-corrected chi connectivity index (χ0v) is 13.3. The fourth-order valence-electron chi connectivity index (χ4n) is 2.97. The maximum absolute atomic E-state index is 12.5. The third-order valence-corrected chi connectivity index (χ3v) is 3.97. The quantitative estimate of drug-likeness (QED) is 0.788. The number of aryl methyl sites for hydroxylation is 1. The molecular formula is C18H14F3NO3. The Kier molecular flexibility index (Phi) is 4.24. The Morgan fingerprint density at radius 3 is 2.48 bits per heavy atom. The average Bonchev–Trinajstić information content (AvgIpc) is 2.84. The van der Waals surface area contributed by atoms with Gasteiger partial charge in [-0.3, -0.25) is 9.59 Å². The molecule has 0 atom stereocenters. The lowest BCUT2D eigenvalue weighted by Gasteiger charge is -2.16. The molecule has 0 spiro atoms. The largest absolute Gasteiger partial charge is 0.573 e. The van der Waals surface area contributed by atoms with E-state index in [0.717, 1.165) is 17.4 Å². The summed E-state index contributed by atoms with van der Waals surface area (Å²) in [7, 11) is 0. The maximum atomic E-state index is 12.5. The van der Waals surface area contributed by atoms with Crippen molar-refractivity contribution < 1.29 is 27.5 Å². The lowest BCUT2D eigenvalue weighted by molar-refractivity contribution is -0.274. The summed E-state index contributed by atoms with van der Waals surface area (Å²) in [6.07, 6.45) is -4.00. The topological polar surface area (TPSA) is 46.6 Å². The number of fused-ring (bicyclic) bond motifs is 1. The molecule has 0 aliphatic carbocycles. The van der Waals surface area contributed by atoms with Crippen LogP contribution in [0.4, 0.5) is 13.2 Å². The van der Waals surface area contributed by atoms with E-state index in [1.54, 1.807) is 24.0 Å². The standard InChI is InChI=1S/C18H14F3NO3/c1-11-6-13(10-23)7-14-9-22(17(24)16(11)14)8-12-2-4-15(5-3-12)25-18(19,20)21/h2-7,10H,8-9H2,1H3. The van der Waals surface area contributed by atoms with E-state index in [9.17, 15) is 22.8 Å². The number of nitrogens with zero attached hydrogens (tertiary/aromatic N) is 1. The molecule has 0 unspecified atom stereocenters. The summed E-state index contributed by atoms with van der Waals surface area (Å²) in [6, 6.07) is 8.75. The Hall–Kier alpha value is -2.83. The predicted octanol–water partition coefficient (Wildman–Crippen LogP) is 3.86. The smallest absolute Gasteiger partial charge is 0.406 e. The number of hydrogen-bond acceptors (Lipinski definition) is 3. The number of rotatable bonds is 4. The van der Waals surface area contributed by atoms with Crippen LogP contribution in [-0.4, -0.2) is 23.5 Å². The molecule has 130 valence electrons. The van der Waals surface area contributed by atoms with E-state index in [-0.39, 0.29) is 18.2 Å². The SMILES string of the molecule is Cc1cc(C=O)cc2c1C(=O)N(Cc1ccc(OC(F)(F)F)cc1)C2. The molecular weight excluding hydrogens is 335 g/mol. The van der Waals surface area contributed by atoms with Crippen LogP contribution in [0.5, 0.6) is 5.75 Å². The normalized spacial score (nSPS) is 13.8. The number of halogens is 3. The number of carbonyl (C=O) groups is 2. The summed E-state index contributed by atoms with van der Waals surface area (Å²) >= 11 is 0. The number of hydrogen-bond donors (Lipinski definition) is 0. The zero-order chi connectivity index (χ0) is 18.2. The van der Waals surface area contributed by atoms with E-state index in [0.29, 0.717) is 23.2 Å². The second kappa shape index (κ2) is 6.23. The van der Waals surface area contributed by atoms with Crippen LogP contribution in [0.1, 0.15) is 37.4 Å². The van der Waals surface area contributed by atoms with Gasteiger partial charge in [0.15, 0.2) is 0 Å². The first-order valence-electron chi connectivity index (χ1n) is 7.49. The molecule has 0 fully saturated rings. The summed E-state index contributed by atoms with van der Waals surface area (Å²) < 4.78 is 40.3. The Labute approximate surface area is 141 Å². The van der Waals surface area contributed by atoms with Gasteiger partial charge in [-0.1, -0.05) is 12.1 Å². The van der Waals surface area contributed by atoms with Crippen LogP contribution in [0.15, 0.2) is 36.4 Å². The third-order valence-electron chi connectivity index (χ3n) is 3.97. The average molecular weight is 349 g/mol. The maximum Gasteiger partial charge on any atom is 0.573 e. The van der Waals surface area contributed by atoms with E-state index in [1.807, 2.05) is 0 Å². The summed E-state index contributed by atoms with van der Waals surface area (Å²) in [4.78, 5) is 25.1. The molecule has 0 saturated heterocycles. The number of alkyl halides is 3. The fraction of sp³-hybridized carbons (Fsp3) is 0.222. The summed E-state index contributed by atoms with van der Waals surface area (Å²) in [5, 5.41) is 0. The third kappa shape index (κ3) is 3.65. The van der Waals surface area contributed by atoms with Crippen LogP contribution in [0.3, 0.4) is 0 Å². The number of aldehydes is 1. The summed E-state index contributed by atoms with van der Waals surface area (Å²) in [6.45, 7) is 2.39. The molecule has 1 aliphatic rings. The van der Waals surface area contributed by atoms with Crippen molar-refractivity contribution in [2.75, 3.05) is 0 Å². The Balaban J connectivity index is 1.75. The number of carbonyl (C=O) groups excluding carboxylic acids is 2. The van der Waals surface area contributed by atoms with Crippen molar-refractivity contribution in [2.45, 2.75) is 26.4 Å². The van der Waals surface area contributed by atoms with Gasteiger partial charge in [-0.2, -0.15) is 0 Å². The van der Waals surface area contributed by atoms with Gasteiger partial charge in [-0.05, 0) is 47.9 Å². The minimum absolute atomic E-state index is 0.152. The van der Waals surface area contributed by atoms with Gasteiger partial charge >= 0.3 is 6.36 Å². The van der Waals surface area contributed by atoms with Crippen LogP contribution in [0, 0.1) is 6.92 Å². The van der Waals surface area contributed by atoms with Crippen molar-refractivity contribution in [3.63, 3.8) is 0 Å². The van der Waals surface area contributed by atoms with E-state index < -0.39 is 6.36 Å². The van der Waals surface area contributed by atoms with Gasteiger partial charge in [-0.15, -0.1) is 13.2 Å². The lowest BCUT2D eigenvalue weighted by atomic mass is 10.0. The van der Waals surface area contributed by atoms with Crippen molar-refractivity contribution in [1.29, 1.82) is 0 Å². The van der Waals surface area contributed by atoms with Gasteiger partial charge in [0.2, 0.25) is 0 Å². The molecule has 0 radical (unpaired) electrons. The molecule has 7 heteroatoms. The van der Waals surface area contributed by atoms with E-state index in [1.165, 1.54) is 24.3 Å². The van der Waals surface area contributed by atoms with Crippen LogP contribution >= 0.6 is 0 Å². The number of ether oxygens (including phenoxy) is 1. The molecule has 0 N–H and O–H groups in total. The molecule has 25 heavy (non-hydrogen) atoms. The van der Waals surface area contributed by atoms with Crippen LogP contribution in [0.2, 0.25) is 0 Å². The molecule has 1 heterocycles. The van der Waals surface area contributed by atoms with Gasteiger partial charge in [0.25, 0.3) is 5.91 Å². The van der Waals surface area contributed by atoms with Crippen molar-refractivity contribution >= 4 is 12.2 Å². The highest BCUT2D eigenvalue weighted by molar-refractivity contribution is 6.00. The Morgan fingerprint density at radius 1 is 1.20 bits per heavy atom. The zero-order valence-electron chi connectivity index (χ0n) is 13.3. The van der Waals surface area contributed by atoms with Crippen molar-refractivity contribution in [2.24, 2.45) is 0 Å². The predicted molar refractivity (Wildman–Crippen MR) is 83.3 cm³/mol. The molecule has 3 rings (SSSR count). The molecule has 0 bridgehead atoms. The Morgan fingerprint density at radius 2 is 1.88 bits per heavy atom. The first kappa shape index (κ1) is 17.0. The molecule has 4 nitrogen and oxygen atoms in total. The molecule has 1 amide bonds. The summed E-state index contributed by atoms with van der Waals surface area (Å²) in [5.74, 6) is -0.459. The van der Waals surface area contributed by atoms with Crippen LogP contribution in [0.25, 0.3) is 0 Å². The fourth-order valence-corrected chi connectivity index (χ4v) is 2.97. The number of benzene rings is 2. The molecule has 2 aromatic carbocycles. The van der Waals surface area contributed by atoms with Crippen molar-refractivity contribution in [3.8, 4) is 5.75 Å². The number of amides is 1. The molecule has 2 aromatic rings. The van der Waals surface area contributed by atoms with E-state index in [2.05, 4.69) is 4.74 Å². The van der Waals surface area contributed by atoms with Gasteiger partial charge in [0.05, 0.1) is 0 Å². The first-order chi connectivity index (χ1) is 11.8. The van der Waals surface area contributed by atoms with Gasteiger partial charge in [0.1, 0.15) is 12.0 Å². The van der Waals surface area contributed by atoms with E-state index >= 15 is 0 Å². The highest BCUT2D eigenvalue weighted by Crippen LogP contribution is 2.29. The monoisotopic (exact) mass is 349 g/mol. The highest BCUT2D eigenvalue weighted by Gasteiger charge is 2.31. The van der Waals surface area contributed by atoms with Crippen LogP contribution in [-0.2, 0) is 13.1 Å². The minimum atomic E-state index is -4.73. The second-order valence-electron chi connectivity index (χ2n) is 5.84. The van der Waals surface area contributed by atoms with Gasteiger partial charge < -0.3 is 9.64 Å². The molecule has 1 aliphatic heterocycles. The van der Waals surface area contributed by atoms with Crippen LogP contribution < -0.4 is 4.74 Å². The van der Waals surface area contributed by atoms with Crippen molar-refractivity contribution in [1.82, 2.24) is 4.90 Å². The van der Waals surface area contributed by atoms with Crippen molar-refractivity contribution in [3.05, 3.63) is 64.2 Å². The molecule has 0 aromatic heterocycles. The summed E-state index contributed by atoms with van der Waals surface area (Å²) in [5.41, 5.74) is 3.30. The molecule has 0 saturated carbocycles. The first-order valence-corrected chi connectivity index (χ1v) is 7.49.